The molecule has 3 heteroatoms. The van der Waals surface area contributed by atoms with Crippen LogP contribution in [0.1, 0.15) is 11.1 Å². The summed E-state index contributed by atoms with van der Waals surface area (Å²) in [6.07, 6.45) is 6.07. The smallest absolute Gasteiger partial charge is 0.159 e. The molecule has 12 aromatic rings. The number of furan rings is 2. The number of allylic oxidation sites excluding steroid dienone is 2. The van der Waals surface area contributed by atoms with E-state index in [9.17, 15) is 0 Å². The summed E-state index contributed by atoms with van der Waals surface area (Å²) in [7, 11) is 0. The predicted octanol–water partition coefficient (Wildman–Crippen LogP) is 18.3. The van der Waals surface area contributed by atoms with Gasteiger partial charge in [-0.15, -0.1) is 0 Å². The molecule has 0 atom stereocenters. The molecule has 2 heterocycles. The fraction of sp³-hybridized carbons (Fsp3) is 0.0159. The molecule has 2 aromatic heterocycles. The van der Waals surface area contributed by atoms with E-state index in [0.717, 1.165) is 94.3 Å². The summed E-state index contributed by atoms with van der Waals surface area (Å²) in [5.41, 5.74) is 17.4. The second-order valence-corrected chi connectivity index (χ2v) is 16.8. The lowest BCUT2D eigenvalue weighted by Gasteiger charge is -2.27. The summed E-state index contributed by atoms with van der Waals surface area (Å²) in [6, 6.07) is 75.3. The van der Waals surface area contributed by atoms with Gasteiger partial charge in [0.1, 0.15) is 11.2 Å². The van der Waals surface area contributed by atoms with Gasteiger partial charge in [0, 0.05) is 38.4 Å². The van der Waals surface area contributed by atoms with Crippen molar-refractivity contribution in [3.8, 4) is 44.5 Å². The van der Waals surface area contributed by atoms with Crippen LogP contribution in [-0.2, 0) is 0 Å². The van der Waals surface area contributed by atoms with E-state index in [-0.39, 0.29) is 0 Å². The molecule has 0 spiro atoms. The molecular formula is C63H43NO2. The van der Waals surface area contributed by atoms with Crippen molar-refractivity contribution < 1.29 is 8.83 Å². The standard InChI is InChI=1S/C63H43NO2/c1-3-4-29-47-41(2)58(44-25-12-7-13-26-44)59(51-31-15-14-30-50(47)51)45-27-16-28-46(40-45)64(56-38-19-36-54-52-34-17-32-48(60(52)65-62(54)56)42-21-8-5-9-22-42)57-39-20-37-55-53-35-18-33-49(61(53)66-63(55)57)43-23-10-6-11-24-43/h3-40H,1H2,2H3/b29-4-. The van der Waals surface area contributed by atoms with Crippen molar-refractivity contribution in [2.45, 2.75) is 6.92 Å². The zero-order valence-corrected chi connectivity index (χ0v) is 36.4. The third kappa shape index (κ3) is 6.36. The minimum Gasteiger partial charge on any atom is -0.453 e. The number of fused-ring (bicyclic) bond motifs is 7. The molecule has 0 N–H and O–H groups in total. The Morgan fingerprint density at radius 3 is 1.38 bits per heavy atom. The maximum atomic E-state index is 7.17. The third-order valence-corrected chi connectivity index (χ3v) is 13.0. The lowest BCUT2D eigenvalue weighted by Crippen LogP contribution is -2.10. The maximum Gasteiger partial charge on any atom is 0.159 e. The average Bonchev–Trinajstić information content (AvgIpc) is 3.97. The first-order chi connectivity index (χ1) is 32.7. The molecule has 0 saturated heterocycles. The lowest BCUT2D eigenvalue weighted by molar-refractivity contribution is 0.667. The molecule has 312 valence electrons. The molecule has 0 bridgehead atoms. The van der Waals surface area contributed by atoms with Crippen molar-refractivity contribution in [3.63, 3.8) is 0 Å². The Kier molecular flexibility index (Phi) is 9.54. The van der Waals surface area contributed by atoms with Gasteiger partial charge in [0.2, 0.25) is 0 Å². The van der Waals surface area contributed by atoms with Crippen molar-refractivity contribution in [1.82, 2.24) is 0 Å². The minimum absolute atomic E-state index is 0.795. The second-order valence-electron chi connectivity index (χ2n) is 16.8. The number of benzene rings is 10. The first kappa shape index (κ1) is 39.0. The molecule has 0 fully saturated rings. The summed E-state index contributed by atoms with van der Waals surface area (Å²) >= 11 is 0. The van der Waals surface area contributed by atoms with Gasteiger partial charge in [-0.1, -0.05) is 213 Å². The van der Waals surface area contributed by atoms with E-state index >= 15 is 0 Å². The van der Waals surface area contributed by atoms with Gasteiger partial charge < -0.3 is 13.7 Å². The van der Waals surface area contributed by atoms with Crippen LogP contribution in [0.3, 0.4) is 0 Å². The summed E-state index contributed by atoms with van der Waals surface area (Å²) in [5.74, 6) is 0. The van der Waals surface area contributed by atoms with Crippen LogP contribution in [-0.4, -0.2) is 0 Å². The van der Waals surface area contributed by atoms with Gasteiger partial charge in [-0.25, -0.2) is 0 Å². The van der Waals surface area contributed by atoms with E-state index in [4.69, 9.17) is 8.83 Å². The summed E-state index contributed by atoms with van der Waals surface area (Å²) in [6.45, 7) is 6.25. The van der Waals surface area contributed by atoms with E-state index in [1.807, 2.05) is 12.2 Å². The molecule has 0 aliphatic heterocycles. The minimum atomic E-state index is 0.795. The summed E-state index contributed by atoms with van der Waals surface area (Å²) < 4.78 is 14.3. The Hall–Kier alpha value is -8.66. The number of hydrogen-bond acceptors (Lipinski definition) is 3. The Bertz CT molecular complexity index is 3680. The second kappa shape index (κ2) is 16.2. The van der Waals surface area contributed by atoms with Crippen molar-refractivity contribution in [2.75, 3.05) is 4.90 Å². The van der Waals surface area contributed by atoms with Gasteiger partial charge in [-0.3, -0.25) is 0 Å². The Labute approximate surface area is 383 Å². The summed E-state index contributed by atoms with van der Waals surface area (Å²) in [5, 5.41) is 6.58. The van der Waals surface area contributed by atoms with E-state index in [1.165, 1.54) is 33.0 Å². The lowest BCUT2D eigenvalue weighted by atomic mass is 9.83. The average molecular weight is 846 g/mol. The van der Waals surface area contributed by atoms with Crippen molar-refractivity contribution >= 4 is 77.8 Å². The quantitative estimate of drug-likeness (QED) is 0.136. The molecule has 0 aliphatic rings. The Balaban J connectivity index is 1.16. The van der Waals surface area contributed by atoms with Crippen LogP contribution in [0.15, 0.2) is 240 Å². The number of rotatable bonds is 9. The van der Waals surface area contributed by atoms with Crippen LogP contribution in [0.4, 0.5) is 17.1 Å². The van der Waals surface area contributed by atoms with Gasteiger partial charge in [0.05, 0.1) is 11.4 Å². The molecule has 66 heavy (non-hydrogen) atoms. The highest BCUT2D eigenvalue weighted by Gasteiger charge is 2.26. The highest BCUT2D eigenvalue weighted by Crippen LogP contribution is 2.50. The molecule has 0 saturated carbocycles. The predicted molar refractivity (Wildman–Crippen MR) is 279 cm³/mol. The fourth-order valence-electron chi connectivity index (χ4n) is 10.1. The van der Waals surface area contributed by atoms with E-state index in [2.05, 4.69) is 237 Å². The van der Waals surface area contributed by atoms with Crippen molar-refractivity contribution in [3.05, 3.63) is 242 Å². The van der Waals surface area contributed by atoms with E-state index in [0.29, 0.717) is 0 Å². The highest BCUT2D eigenvalue weighted by molar-refractivity contribution is 6.17. The Morgan fingerprint density at radius 2 is 0.833 bits per heavy atom. The van der Waals surface area contributed by atoms with Crippen LogP contribution < -0.4 is 4.90 Å². The molecule has 0 aliphatic carbocycles. The van der Waals surface area contributed by atoms with Crippen LogP contribution >= 0.6 is 0 Å². The van der Waals surface area contributed by atoms with E-state index in [1.54, 1.807) is 0 Å². The number of para-hydroxylation sites is 4. The molecule has 3 nitrogen and oxygen atoms in total. The monoisotopic (exact) mass is 845 g/mol. The molecule has 0 radical (unpaired) electrons. The van der Waals surface area contributed by atoms with Gasteiger partial charge in [-0.2, -0.15) is 0 Å². The normalized spacial score (nSPS) is 11.7. The van der Waals surface area contributed by atoms with Gasteiger partial charge in [-0.05, 0) is 86.5 Å². The fourth-order valence-corrected chi connectivity index (χ4v) is 10.1. The Morgan fingerprint density at radius 1 is 0.394 bits per heavy atom. The van der Waals surface area contributed by atoms with Gasteiger partial charge >= 0.3 is 0 Å². The molecule has 12 rings (SSSR count). The summed E-state index contributed by atoms with van der Waals surface area (Å²) in [4.78, 5) is 2.34. The number of nitrogens with zero attached hydrogens (tertiary/aromatic N) is 1. The van der Waals surface area contributed by atoms with Crippen LogP contribution in [0.25, 0.3) is 105 Å². The van der Waals surface area contributed by atoms with Crippen LogP contribution in [0, 0.1) is 6.92 Å². The third-order valence-electron chi connectivity index (χ3n) is 13.0. The topological polar surface area (TPSA) is 29.5 Å². The first-order valence-electron chi connectivity index (χ1n) is 22.5. The number of anilines is 3. The van der Waals surface area contributed by atoms with Gasteiger partial charge in [0.25, 0.3) is 0 Å². The van der Waals surface area contributed by atoms with Crippen molar-refractivity contribution in [2.24, 2.45) is 0 Å². The highest BCUT2D eigenvalue weighted by atomic mass is 16.3. The van der Waals surface area contributed by atoms with Crippen LogP contribution in [0.5, 0.6) is 0 Å². The zero-order chi connectivity index (χ0) is 44.1. The maximum absolute atomic E-state index is 7.17. The van der Waals surface area contributed by atoms with Crippen molar-refractivity contribution in [1.29, 1.82) is 0 Å². The van der Waals surface area contributed by atoms with Crippen LogP contribution in [0.2, 0.25) is 0 Å². The molecular weight excluding hydrogens is 803 g/mol. The SMILES string of the molecule is C=C/C=C\c1c(C)c(-c2ccccc2)c(-c2cccc(N(c3cccc4c3oc3c(-c5ccccc5)cccc34)c3cccc4c3oc3c(-c5ccccc5)cccc34)c2)c2ccccc12. The molecule has 0 unspecified atom stereocenters. The molecule has 0 amide bonds. The van der Waals surface area contributed by atoms with E-state index < -0.39 is 0 Å². The molecule has 10 aromatic carbocycles. The van der Waals surface area contributed by atoms with Gasteiger partial charge in [0.15, 0.2) is 11.2 Å². The first-order valence-corrected chi connectivity index (χ1v) is 22.5. The largest absolute Gasteiger partial charge is 0.453 e. The number of hydrogen-bond donors (Lipinski definition) is 0. The zero-order valence-electron chi connectivity index (χ0n) is 36.4.